The van der Waals surface area contributed by atoms with Crippen molar-refractivity contribution in [2.45, 2.75) is 104 Å². The molecule has 150 valence electrons. The molecular formula is C25H41N2+. The molecule has 0 amide bonds. The second-order valence-electron chi connectivity index (χ2n) is 7.89. The number of imidazole rings is 1. The van der Waals surface area contributed by atoms with E-state index >= 15 is 0 Å². The smallest absolute Gasteiger partial charge is 0.234 e. The number of hydrogen-bond donors (Lipinski definition) is 0. The third-order valence-electron chi connectivity index (χ3n) is 5.64. The summed E-state index contributed by atoms with van der Waals surface area (Å²) >= 11 is 0. The Hall–Kier alpha value is -1.57. The van der Waals surface area contributed by atoms with Crippen molar-refractivity contribution in [3.05, 3.63) is 54.1 Å². The number of aryl methyl sites for hydroxylation is 2. The summed E-state index contributed by atoms with van der Waals surface area (Å²) in [5, 5.41) is 0. The Morgan fingerprint density at radius 2 is 1.33 bits per heavy atom. The molecular weight excluding hydrogens is 328 g/mol. The van der Waals surface area contributed by atoms with Crippen LogP contribution in [0.15, 0.2) is 42.7 Å². The van der Waals surface area contributed by atoms with Crippen LogP contribution in [0.25, 0.3) is 0 Å². The minimum atomic E-state index is 1.03. The van der Waals surface area contributed by atoms with Crippen LogP contribution in [-0.2, 0) is 19.5 Å². The Kier molecular flexibility index (Phi) is 10.9. The van der Waals surface area contributed by atoms with Crippen molar-refractivity contribution < 1.29 is 4.57 Å². The van der Waals surface area contributed by atoms with E-state index in [1.165, 1.54) is 82.0 Å². The van der Waals surface area contributed by atoms with Gasteiger partial charge in [0.05, 0.1) is 19.5 Å². The molecule has 0 aliphatic heterocycles. The second kappa shape index (κ2) is 13.6. The van der Waals surface area contributed by atoms with Gasteiger partial charge in [-0.1, -0.05) is 95.0 Å². The maximum absolute atomic E-state index is 2.48. The Morgan fingerprint density at radius 1 is 0.741 bits per heavy atom. The number of benzene rings is 1. The van der Waals surface area contributed by atoms with E-state index in [-0.39, 0.29) is 0 Å². The molecule has 0 atom stereocenters. The first-order valence-corrected chi connectivity index (χ1v) is 11.5. The molecule has 2 aromatic rings. The summed E-state index contributed by atoms with van der Waals surface area (Å²) in [5.41, 5.74) is 1.40. The summed E-state index contributed by atoms with van der Waals surface area (Å²) in [6, 6.07) is 10.9. The normalized spacial score (nSPS) is 11.2. The lowest BCUT2D eigenvalue weighted by Crippen LogP contribution is -2.37. The zero-order valence-corrected chi connectivity index (χ0v) is 17.8. The van der Waals surface area contributed by atoms with Crippen molar-refractivity contribution in [3.8, 4) is 0 Å². The van der Waals surface area contributed by atoms with Crippen molar-refractivity contribution in [1.82, 2.24) is 4.57 Å². The average Bonchev–Trinajstić information content (AvgIpc) is 3.08. The van der Waals surface area contributed by atoms with Crippen LogP contribution in [0, 0.1) is 0 Å². The lowest BCUT2D eigenvalue weighted by atomic mass is 10.1. The predicted octanol–water partition coefficient (Wildman–Crippen LogP) is 6.70. The third-order valence-corrected chi connectivity index (χ3v) is 5.64. The van der Waals surface area contributed by atoms with Gasteiger partial charge in [0, 0.05) is 0 Å². The highest BCUT2D eigenvalue weighted by atomic mass is 15.1. The molecule has 0 bridgehead atoms. The highest BCUT2D eigenvalue weighted by molar-refractivity contribution is 5.18. The minimum absolute atomic E-state index is 1.03. The lowest BCUT2D eigenvalue weighted by Gasteiger charge is -2.05. The van der Waals surface area contributed by atoms with Gasteiger partial charge in [0.2, 0.25) is 0 Å². The van der Waals surface area contributed by atoms with Gasteiger partial charge >= 0.3 is 0 Å². The molecule has 0 saturated carbocycles. The minimum Gasteiger partial charge on any atom is -0.234 e. The molecule has 1 aromatic carbocycles. The van der Waals surface area contributed by atoms with Gasteiger partial charge in [0.1, 0.15) is 12.4 Å². The SMILES string of the molecule is CCCCCCCCCCCCC[n+]1ccn(CC)c1Cc1ccccc1. The van der Waals surface area contributed by atoms with E-state index in [4.69, 9.17) is 0 Å². The Bertz CT molecular complexity index is 600. The molecule has 0 radical (unpaired) electrons. The van der Waals surface area contributed by atoms with Crippen LogP contribution in [0.2, 0.25) is 0 Å². The molecule has 0 unspecified atom stereocenters. The van der Waals surface area contributed by atoms with Crippen molar-refractivity contribution >= 4 is 0 Å². The summed E-state index contributed by atoms with van der Waals surface area (Å²) < 4.78 is 4.87. The van der Waals surface area contributed by atoms with Crippen molar-refractivity contribution in [2.75, 3.05) is 0 Å². The first kappa shape index (κ1) is 21.7. The van der Waals surface area contributed by atoms with Crippen LogP contribution in [-0.4, -0.2) is 4.57 Å². The van der Waals surface area contributed by atoms with Gasteiger partial charge in [-0.3, -0.25) is 0 Å². The fourth-order valence-electron chi connectivity index (χ4n) is 3.92. The quantitative estimate of drug-likeness (QED) is 0.244. The van der Waals surface area contributed by atoms with Crippen LogP contribution in [0.5, 0.6) is 0 Å². The number of hydrogen-bond acceptors (Lipinski definition) is 0. The topological polar surface area (TPSA) is 8.81 Å². The lowest BCUT2D eigenvalue weighted by molar-refractivity contribution is -0.703. The highest BCUT2D eigenvalue weighted by Gasteiger charge is 2.16. The number of nitrogens with zero attached hydrogens (tertiary/aromatic N) is 2. The average molecular weight is 370 g/mol. The molecule has 2 nitrogen and oxygen atoms in total. The number of unbranched alkanes of at least 4 members (excludes halogenated alkanes) is 10. The second-order valence-corrected chi connectivity index (χ2v) is 7.89. The van der Waals surface area contributed by atoms with E-state index in [1.807, 2.05) is 0 Å². The molecule has 1 heterocycles. The van der Waals surface area contributed by atoms with E-state index in [1.54, 1.807) is 0 Å². The standard InChI is InChI=1S/C25H41N2/c1-3-5-6-7-8-9-10-11-12-13-17-20-27-22-21-26(4-2)25(27)23-24-18-15-14-16-19-24/h14-16,18-19,21-22H,3-13,17,20,23H2,1-2H3/q+1. The summed E-state index contributed by atoms with van der Waals surface area (Å²) in [6.07, 6.45) is 21.0. The molecule has 0 N–H and O–H groups in total. The molecule has 2 heteroatoms. The predicted molar refractivity (Wildman–Crippen MR) is 116 cm³/mol. The van der Waals surface area contributed by atoms with Crippen molar-refractivity contribution in [3.63, 3.8) is 0 Å². The Balaban J connectivity index is 1.64. The van der Waals surface area contributed by atoms with Gasteiger partial charge in [-0.25, -0.2) is 9.13 Å². The molecule has 0 spiro atoms. The maximum Gasteiger partial charge on any atom is 0.260 e. The molecule has 0 aliphatic rings. The van der Waals surface area contributed by atoms with Gasteiger partial charge in [0.15, 0.2) is 0 Å². The van der Waals surface area contributed by atoms with Crippen LogP contribution in [0.3, 0.4) is 0 Å². The van der Waals surface area contributed by atoms with Crippen molar-refractivity contribution in [2.24, 2.45) is 0 Å². The summed E-state index contributed by atoms with van der Waals surface area (Å²) in [4.78, 5) is 0. The van der Waals surface area contributed by atoms with E-state index in [9.17, 15) is 0 Å². The number of rotatable bonds is 15. The largest absolute Gasteiger partial charge is 0.260 e. The van der Waals surface area contributed by atoms with Gasteiger partial charge < -0.3 is 0 Å². The van der Waals surface area contributed by atoms with Crippen LogP contribution in [0.4, 0.5) is 0 Å². The summed E-state index contributed by atoms with van der Waals surface area (Å²) in [5.74, 6) is 1.44. The molecule has 2 rings (SSSR count). The van der Waals surface area contributed by atoms with Gasteiger partial charge in [-0.2, -0.15) is 0 Å². The van der Waals surface area contributed by atoms with E-state index in [0.717, 1.165) is 19.5 Å². The van der Waals surface area contributed by atoms with Gasteiger partial charge in [-0.05, 0) is 25.3 Å². The van der Waals surface area contributed by atoms with Gasteiger partial charge in [-0.15, -0.1) is 0 Å². The molecule has 1 aromatic heterocycles. The van der Waals surface area contributed by atoms with E-state index in [2.05, 4.69) is 65.7 Å². The van der Waals surface area contributed by atoms with Crippen LogP contribution in [0.1, 0.15) is 95.9 Å². The highest BCUT2D eigenvalue weighted by Crippen LogP contribution is 2.12. The first-order chi connectivity index (χ1) is 13.3. The maximum atomic E-state index is 2.48. The molecule has 0 fully saturated rings. The monoisotopic (exact) mass is 369 g/mol. The van der Waals surface area contributed by atoms with Crippen molar-refractivity contribution in [1.29, 1.82) is 0 Å². The van der Waals surface area contributed by atoms with E-state index < -0.39 is 0 Å². The van der Waals surface area contributed by atoms with E-state index in [0.29, 0.717) is 0 Å². The molecule has 27 heavy (non-hydrogen) atoms. The zero-order chi connectivity index (χ0) is 19.2. The zero-order valence-electron chi connectivity index (χ0n) is 17.8. The Morgan fingerprint density at radius 3 is 1.93 bits per heavy atom. The first-order valence-electron chi connectivity index (χ1n) is 11.5. The fourth-order valence-corrected chi connectivity index (χ4v) is 3.92. The molecule has 0 aliphatic carbocycles. The number of aromatic nitrogens is 2. The third kappa shape index (κ3) is 8.32. The van der Waals surface area contributed by atoms with Crippen LogP contribution < -0.4 is 4.57 Å². The van der Waals surface area contributed by atoms with Crippen LogP contribution >= 0.6 is 0 Å². The molecule has 0 saturated heterocycles. The van der Waals surface area contributed by atoms with Gasteiger partial charge in [0.25, 0.3) is 5.82 Å². The summed E-state index contributed by atoms with van der Waals surface area (Å²) in [7, 11) is 0. The summed E-state index contributed by atoms with van der Waals surface area (Å²) in [6.45, 7) is 6.74. The fraction of sp³-hybridized carbons (Fsp3) is 0.640. The Labute approximate surface area is 167 Å².